The van der Waals surface area contributed by atoms with Crippen LogP contribution in [0.15, 0.2) is 18.2 Å². The van der Waals surface area contributed by atoms with Gasteiger partial charge in [0.25, 0.3) is 0 Å². The molecule has 1 aliphatic heterocycles. The predicted octanol–water partition coefficient (Wildman–Crippen LogP) is 1.62. The Balaban J connectivity index is 2.31. The molecule has 76 valence electrons. The van der Waals surface area contributed by atoms with Crippen LogP contribution in [-0.4, -0.2) is 23.0 Å². The van der Waals surface area contributed by atoms with Crippen molar-refractivity contribution >= 4 is 5.69 Å². The zero-order valence-electron chi connectivity index (χ0n) is 8.27. The van der Waals surface area contributed by atoms with Gasteiger partial charge in [0.05, 0.1) is 0 Å². The molecule has 0 bridgehead atoms. The lowest BCUT2D eigenvalue weighted by Gasteiger charge is -2.23. The SMILES string of the molecule is Cc1cc(O)cc(N2CCCC2O)c1. The van der Waals surface area contributed by atoms with Crippen LogP contribution in [0.25, 0.3) is 0 Å². The smallest absolute Gasteiger partial charge is 0.126 e. The summed E-state index contributed by atoms with van der Waals surface area (Å²) in [6, 6.07) is 5.39. The lowest BCUT2D eigenvalue weighted by atomic mass is 10.2. The molecule has 0 amide bonds. The van der Waals surface area contributed by atoms with Crippen molar-refractivity contribution in [1.29, 1.82) is 0 Å². The number of phenolic OH excluding ortho intramolecular Hbond substituents is 1. The lowest BCUT2D eigenvalue weighted by molar-refractivity contribution is 0.185. The first kappa shape index (κ1) is 9.34. The number of aliphatic hydroxyl groups excluding tert-OH is 1. The molecule has 0 radical (unpaired) electrons. The van der Waals surface area contributed by atoms with Gasteiger partial charge in [-0.1, -0.05) is 0 Å². The topological polar surface area (TPSA) is 43.7 Å². The van der Waals surface area contributed by atoms with E-state index >= 15 is 0 Å². The highest BCUT2D eigenvalue weighted by Gasteiger charge is 2.22. The average Bonchev–Trinajstić information content (AvgIpc) is 2.49. The predicted molar refractivity (Wildman–Crippen MR) is 55.4 cm³/mol. The highest BCUT2D eigenvalue weighted by molar-refractivity contribution is 5.53. The van der Waals surface area contributed by atoms with E-state index in [0.29, 0.717) is 0 Å². The van der Waals surface area contributed by atoms with E-state index in [1.54, 1.807) is 12.1 Å². The second kappa shape index (κ2) is 3.50. The van der Waals surface area contributed by atoms with Crippen molar-refractivity contribution in [2.24, 2.45) is 0 Å². The van der Waals surface area contributed by atoms with E-state index in [2.05, 4.69) is 0 Å². The second-order valence-electron chi connectivity index (χ2n) is 3.84. The Morgan fingerprint density at radius 3 is 2.71 bits per heavy atom. The van der Waals surface area contributed by atoms with Gasteiger partial charge in [0, 0.05) is 18.3 Å². The monoisotopic (exact) mass is 193 g/mol. The van der Waals surface area contributed by atoms with Crippen LogP contribution in [0.2, 0.25) is 0 Å². The summed E-state index contributed by atoms with van der Waals surface area (Å²) in [7, 11) is 0. The number of aryl methyl sites for hydroxylation is 1. The van der Waals surface area contributed by atoms with Crippen molar-refractivity contribution in [3.63, 3.8) is 0 Å². The quantitative estimate of drug-likeness (QED) is 0.712. The summed E-state index contributed by atoms with van der Waals surface area (Å²) in [5.74, 6) is 0.263. The maximum atomic E-state index is 9.67. The second-order valence-corrected chi connectivity index (χ2v) is 3.84. The summed E-state index contributed by atoms with van der Waals surface area (Å²) in [6.07, 6.45) is 1.43. The largest absolute Gasteiger partial charge is 0.508 e. The maximum Gasteiger partial charge on any atom is 0.126 e. The van der Waals surface area contributed by atoms with Gasteiger partial charge in [-0.2, -0.15) is 0 Å². The molecule has 1 saturated heterocycles. The van der Waals surface area contributed by atoms with Gasteiger partial charge in [0.15, 0.2) is 0 Å². The highest BCUT2D eigenvalue weighted by atomic mass is 16.3. The molecule has 1 aromatic carbocycles. The highest BCUT2D eigenvalue weighted by Crippen LogP contribution is 2.28. The van der Waals surface area contributed by atoms with E-state index in [0.717, 1.165) is 30.6 Å². The fraction of sp³-hybridized carbons (Fsp3) is 0.455. The summed E-state index contributed by atoms with van der Waals surface area (Å²) in [5.41, 5.74) is 1.92. The fourth-order valence-corrected chi connectivity index (χ4v) is 1.96. The third kappa shape index (κ3) is 1.68. The maximum absolute atomic E-state index is 9.67. The molecule has 1 aliphatic rings. The van der Waals surface area contributed by atoms with Crippen LogP contribution in [0.3, 0.4) is 0 Å². The first-order valence-corrected chi connectivity index (χ1v) is 4.92. The van der Waals surface area contributed by atoms with Gasteiger partial charge in [-0.3, -0.25) is 0 Å². The molecule has 1 fully saturated rings. The molecule has 2 rings (SSSR count). The number of anilines is 1. The molecule has 1 atom stereocenters. The number of hydrogen-bond donors (Lipinski definition) is 2. The molecule has 1 heterocycles. The third-order valence-electron chi connectivity index (χ3n) is 2.60. The number of nitrogens with zero attached hydrogens (tertiary/aromatic N) is 1. The molecule has 14 heavy (non-hydrogen) atoms. The van der Waals surface area contributed by atoms with Crippen molar-refractivity contribution in [2.75, 3.05) is 11.4 Å². The van der Waals surface area contributed by atoms with Gasteiger partial charge in [0.2, 0.25) is 0 Å². The summed E-state index contributed by atoms with van der Waals surface area (Å²) in [5, 5.41) is 19.1. The first-order valence-electron chi connectivity index (χ1n) is 4.92. The Morgan fingerprint density at radius 1 is 1.36 bits per heavy atom. The van der Waals surface area contributed by atoms with Gasteiger partial charge >= 0.3 is 0 Å². The Kier molecular flexibility index (Phi) is 2.33. The van der Waals surface area contributed by atoms with Crippen molar-refractivity contribution in [2.45, 2.75) is 26.0 Å². The van der Waals surface area contributed by atoms with Gasteiger partial charge < -0.3 is 15.1 Å². The molecular weight excluding hydrogens is 178 g/mol. The molecular formula is C11H15NO2. The number of rotatable bonds is 1. The van der Waals surface area contributed by atoms with E-state index in [1.807, 2.05) is 17.9 Å². The molecule has 0 saturated carbocycles. The van der Waals surface area contributed by atoms with E-state index in [9.17, 15) is 10.2 Å². The first-order chi connectivity index (χ1) is 6.66. The summed E-state index contributed by atoms with van der Waals surface area (Å²) in [4.78, 5) is 1.92. The van der Waals surface area contributed by atoms with Crippen LogP contribution < -0.4 is 4.90 Å². The Bertz CT molecular complexity index is 318. The van der Waals surface area contributed by atoms with Crippen LogP contribution in [0.5, 0.6) is 5.75 Å². The zero-order chi connectivity index (χ0) is 10.1. The summed E-state index contributed by atoms with van der Waals surface area (Å²) in [6.45, 7) is 2.80. The van der Waals surface area contributed by atoms with Crippen molar-refractivity contribution < 1.29 is 10.2 Å². The number of aromatic hydroxyl groups is 1. The van der Waals surface area contributed by atoms with E-state index in [4.69, 9.17) is 0 Å². The molecule has 3 nitrogen and oxygen atoms in total. The minimum absolute atomic E-state index is 0.263. The zero-order valence-corrected chi connectivity index (χ0v) is 8.27. The number of hydrogen-bond acceptors (Lipinski definition) is 3. The summed E-state index contributed by atoms with van der Waals surface area (Å²) >= 11 is 0. The van der Waals surface area contributed by atoms with Crippen molar-refractivity contribution in [3.05, 3.63) is 23.8 Å². The number of benzene rings is 1. The van der Waals surface area contributed by atoms with Gasteiger partial charge in [-0.25, -0.2) is 0 Å². The van der Waals surface area contributed by atoms with Gasteiger partial charge in [-0.05, 0) is 37.5 Å². The summed E-state index contributed by atoms with van der Waals surface area (Å²) < 4.78 is 0. The van der Waals surface area contributed by atoms with E-state index in [-0.39, 0.29) is 5.75 Å². The van der Waals surface area contributed by atoms with Crippen LogP contribution in [-0.2, 0) is 0 Å². The van der Waals surface area contributed by atoms with Gasteiger partial charge in [0.1, 0.15) is 12.0 Å². The lowest BCUT2D eigenvalue weighted by Crippen LogP contribution is -2.28. The molecule has 1 aromatic rings. The van der Waals surface area contributed by atoms with Crippen molar-refractivity contribution in [1.82, 2.24) is 0 Å². The third-order valence-corrected chi connectivity index (χ3v) is 2.60. The molecule has 0 aliphatic carbocycles. The van der Waals surface area contributed by atoms with Crippen LogP contribution in [0.4, 0.5) is 5.69 Å². The number of phenols is 1. The fourth-order valence-electron chi connectivity index (χ4n) is 1.96. The number of aliphatic hydroxyl groups is 1. The van der Waals surface area contributed by atoms with Crippen LogP contribution in [0.1, 0.15) is 18.4 Å². The van der Waals surface area contributed by atoms with Crippen LogP contribution in [0, 0.1) is 6.92 Å². The van der Waals surface area contributed by atoms with E-state index in [1.165, 1.54) is 0 Å². The van der Waals surface area contributed by atoms with E-state index < -0.39 is 6.23 Å². The van der Waals surface area contributed by atoms with Gasteiger partial charge in [-0.15, -0.1) is 0 Å². The Hall–Kier alpha value is -1.22. The average molecular weight is 193 g/mol. The Labute approximate surface area is 83.6 Å². The molecule has 1 unspecified atom stereocenters. The van der Waals surface area contributed by atoms with Crippen LogP contribution >= 0.6 is 0 Å². The minimum Gasteiger partial charge on any atom is -0.508 e. The molecule has 3 heteroatoms. The molecule has 0 aromatic heterocycles. The minimum atomic E-state index is -0.392. The molecule has 2 N–H and O–H groups in total. The normalized spacial score (nSPS) is 21.6. The Morgan fingerprint density at radius 2 is 2.14 bits per heavy atom. The van der Waals surface area contributed by atoms with Crippen molar-refractivity contribution in [3.8, 4) is 5.75 Å². The standard InChI is InChI=1S/C11H15NO2/c1-8-5-9(7-10(13)6-8)12-4-2-3-11(12)14/h5-7,11,13-14H,2-4H2,1H3. The molecule has 0 spiro atoms.